The summed E-state index contributed by atoms with van der Waals surface area (Å²) in [7, 11) is 4.77. The minimum Gasteiger partial charge on any atom is -0.497 e. The van der Waals surface area contributed by atoms with Crippen molar-refractivity contribution in [3.63, 3.8) is 0 Å². The Kier molecular flexibility index (Phi) is 5.07. The van der Waals surface area contributed by atoms with Crippen LogP contribution in [0.15, 0.2) is 36.5 Å². The first kappa shape index (κ1) is 17.1. The molecule has 1 aromatic carbocycles. The lowest BCUT2D eigenvalue weighted by atomic mass is 10.0. The molecular formula is C19H22N2O4. The lowest BCUT2D eigenvalue weighted by Gasteiger charge is -2.27. The SMILES string of the molecule is COc1ccc(C2CCCN2C(=O)c2cccnc2OC)c(OC)c1. The Labute approximate surface area is 147 Å². The largest absolute Gasteiger partial charge is 0.497 e. The Balaban J connectivity index is 1.94. The molecular weight excluding hydrogens is 320 g/mol. The summed E-state index contributed by atoms with van der Waals surface area (Å²) in [5, 5.41) is 0. The van der Waals surface area contributed by atoms with Crippen molar-refractivity contribution in [2.45, 2.75) is 18.9 Å². The number of carbonyl (C=O) groups excluding carboxylic acids is 1. The van der Waals surface area contributed by atoms with Crippen LogP contribution in [-0.2, 0) is 0 Å². The third-order valence-corrected chi connectivity index (χ3v) is 4.51. The zero-order valence-corrected chi connectivity index (χ0v) is 14.7. The van der Waals surface area contributed by atoms with Gasteiger partial charge in [-0.1, -0.05) is 0 Å². The van der Waals surface area contributed by atoms with Crippen molar-refractivity contribution in [3.8, 4) is 17.4 Å². The summed E-state index contributed by atoms with van der Waals surface area (Å²) in [4.78, 5) is 19.1. The highest BCUT2D eigenvalue weighted by Crippen LogP contribution is 2.39. The number of hydrogen-bond acceptors (Lipinski definition) is 5. The van der Waals surface area contributed by atoms with E-state index >= 15 is 0 Å². The third kappa shape index (κ3) is 3.24. The highest BCUT2D eigenvalue weighted by molar-refractivity contribution is 5.96. The molecule has 1 aliphatic rings. The van der Waals surface area contributed by atoms with Gasteiger partial charge in [-0.2, -0.15) is 0 Å². The zero-order valence-electron chi connectivity index (χ0n) is 14.7. The topological polar surface area (TPSA) is 60.9 Å². The lowest BCUT2D eigenvalue weighted by molar-refractivity contribution is 0.0730. The van der Waals surface area contributed by atoms with Crippen LogP contribution in [0.3, 0.4) is 0 Å². The molecule has 2 heterocycles. The molecule has 1 aromatic heterocycles. The Morgan fingerprint density at radius 3 is 2.72 bits per heavy atom. The molecule has 1 aliphatic heterocycles. The van der Waals surface area contributed by atoms with Gasteiger partial charge in [-0.05, 0) is 37.1 Å². The fraction of sp³-hybridized carbons (Fsp3) is 0.368. The lowest BCUT2D eigenvalue weighted by Crippen LogP contribution is -2.31. The van der Waals surface area contributed by atoms with Crippen LogP contribution in [0.2, 0.25) is 0 Å². The third-order valence-electron chi connectivity index (χ3n) is 4.51. The number of methoxy groups -OCH3 is 3. The first-order chi connectivity index (χ1) is 12.2. The van der Waals surface area contributed by atoms with Crippen molar-refractivity contribution in [1.82, 2.24) is 9.88 Å². The molecule has 0 radical (unpaired) electrons. The number of aromatic nitrogens is 1. The van der Waals surface area contributed by atoms with Crippen molar-refractivity contribution in [2.24, 2.45) is 0 Å². The fourth-order valence-electron chi connectivity index (χ4n) is 3.30. The van der Waals surface area contributed by atoms with Crippen molar-refractivity contribution in [2.75, 3.05) is 27.9 Å². The van der Waals surface area contributed by atoms with Gasteiger partial charge in [-0.15, -0.1) is 0 Å². The molecule has 0 spiro atoms. The molecule has 0 bridgehead atoms. The number of amides is 1. The van der Waals surface area contributed by atoms with Gasteiger partial charge < -0.3 is 19.1 Å². The summed E-state index contributed by atoms with van der Waals surface area (Å²) in [6.07, 6.45) is 3.44. The van der Waals surface area contributed by atoms with E-state index in [2.05, 4.69) is 4.98 Å². The first-order valence-corrected chi connectivity index (χ1v) is 8.21. The second-order valence-electron chi connectivity index (χ2n) is 5.82. The van der Waals surface area contributed by atoms with Crippen LogP contribution < -0.4 is 14.2 Å². The summed E-state index contributed by atoms with van der Waals surface area (Å²) in [5.41, 5.74) is 1.46. The molecule has 0 aliphatic carbocycles. The predicted molar refractivity (Wildman–Crippen MR) is 93.3 cm³/mol. The maximum atomic E-state index is 13.1. The monoisotopic (exact) mass is 342 g/mol. The highest BCUT2D eigenvalue weighted by Gasteiger charge is 2.33. The van der Waals surface area contributed by atoms with Gasteiger partial charge in [0.2, 0.25) is 5.88 Å². The van der Waals surface area contributed by atoms with Gasteiger partial charge in [0.1, 0.15) is 17.1 Å². The van der Waals surface area contributed by atoms with Crippen LogP contribution in [0.4, 0.5) is 0 Å². The molecule has 2 aromatic rings. The summed E-state index contributed by atoms with van der Waals surface area (Å²) in [6, 6.07) is 9.15. The predicted octanol–water partition coefficient (Wildman–Crippen LogP) is 3.08. The van der Waals surface area contributed by atoms with Gasteiger partial charge in [0, 0.05) is 24.4 Å². The van der Waals surface area contributed by atoms with E-state index in [9.17, 15) is 4.79 Å². The molecule has 0 saturated carbocycles. The summed E-state index contributed by atoms with van der Waals surface area (Å²) in [5.74, 6) is 1.72. The molecule has 0 N–H and O–H groups in total. The van der Waals surface area contributed by atoms with E-state index in [0.717, 1.165) is 29.9 Å². The maximum absolute atomic E-state index is 13.1. The smallest absolute Gasteiger partial charge is 0.259 e. The van der Waals surface area contributed by atoms with E-state index in [-0.39, 0.29) is 11.9 Å². The van der Waals surface area contributed by atoms with E-state index in [4.69, 9.17) is 14.2 Å². The number of pyridine rings is 1. The fourth-order valence-corrected chi connectivity index (χ4v) is 3.30. The van der Waals surface area contributed by atoms with Gasteiger partial charge in [-0.25, -0.2) is 4.98 Å². The van der Waals surface area contributed by atoms with Gasteiger partial charge in [0.15, 0.2) is 0 Å². The standard InChI is InChI=1S/C19H22N2O4/c1-23-13-8-9-14(17(12-13)24-2)16-7-5-11-21(16)19(22)15-6-4-10-20-18(15)25-3/h4,6,8-10,12,16H,5,7,11H2,1-3H3. The van der Waals surface area contributed by atoms with E-state index in [1.54, 1.807) is 32.5 Å². The Morgan fingerprint density at radius 1 is 1.16 bits per heavy atom. The second-order valence-corrected chi connectivity index (χ2v) is 5.82. The Hall–Kier alpha value is -2.76. The number of likely N-dealkylation sites (tertiary alicyclic amines) is 1. The molecule has 132 valence electrons. The molecule has 1 saturated heterocycles. The number of nitrogens with zero attached hydrogens (tertiary/aromatic N) is 2. The van der Waals surface area contributed by atoms with Crippen LogP contribution in [0, 0.1) is 0 Å². The van der Waals surface area contributed by atoms with Crippen molar-refractivity contribution < 1.29 is 19.0 Å². The highest BCUT2D eigenvalue weighted by atomic mass is 16.5. The second kappa shape index (κ2) is 7.42. The van der Waals surface area contributed by atoms with Crippen molar-refractivity contribution in [3.05, 3.63) is 47.7 Å². The molecule has 1 atom stereocenters. The maximum Gasteiger partial charge on any atom is 0.259 e. The van der Waals surface area contributed by atoms with E-state index < -0.39 is 0 Å². The van der Waals surface area contributed by atoms with Crippen LogP contribution in [0.25, 0.3) is 0 Å². The molecule has 6 nitrogen and oxygen atoms in total. The summed E-state index contributed by atoms with van der Waals surface area (Å²) >= 11 is 0. The quantitative estimate of drug-likeness (QED) is 0.836. The van der Waals surface area contributed by atoms with Crippen molar-refractivity contribution >= 4 is 5.91 Å². The van der Waals surface area contributed by atoms with E-state index in [1.807, 2.05) is 23.1 Å². The molecule has 6 heteroatoms. The number of hydrogen-bond donors (Lipinski definition) is 0. The molecule has 25 heavy (non-hydrogen) atoms. The molecule has 1 fully saturated rings. The average Bonchev–Trinajstić information content (AvgIpc) is 3.16. The minimum absolute atomic E-state index is 0.0433. The van der Waals surface area contributed by atoms with Gasteiger partial charge in [0.25, 0.3) is 5.91 Å². The molecule has 1 unspecified atom stereocenters. The summed E-state index contributed by atoms with van der Waals surface area (Å²) in [6.45, 7) is 0.691. The Bertz CT molecular complexity index is 763. The summed E-state index contributed by atoms with van der Waals surface area (Å²) < 4.78 is 16.0. The zero-order chi connectivity index (χ0) is 17.8. The Morgan fingerprint density at radius 2 is 2.00 bits per heavy atom. The first-order valence-electron chi connectivity index (χ1n) is 8.21. The number of carbonyl (C=O) groups is 1. The van der Waals surface area contributed by atoms with Gasteiger partial charge in [-0.3, -0.25) is 4.79 Å². The molecule has 1 amide bonds. The number of rotatable bonds is 5. The van der Waals surface area contributed by atoms with Gasteiger partial charge >= 0.3 is 0 Å². The van der Waals surface area contributed by atoms with E-state index in [1.165, 1.54) is 7.11 Å². The van der Waals surface area contributed by atoms with Crippen LogP contribution in [-0.4, -0.2) is 43.7 Å². The average molecular weight is 342 g/mol. The van der Waals surface area contributed by atoms with Crippen LogP contribution in [0.5, 0.6) is 17.4 Å². The number of benzene rings is 1. The van der Waals surface area contributed by atoms with Crippen LogP contribution >= 0.6 is 0 Å². The van der Waals surface area contributed by atoms with E-state index in [0.29, 0.717) is 18.0 Å². The molecule has 3 rings (SSSR count). The van der Waals surface area contributed by atoms with Crippen molar-refractivity contribution in [1.29, 1.82) is 0 Å². The number of ether oxygens (including phenoxy) is 3. The van der Waals surface area contributed by atoms with Gasteiger partial charge in [0.05, 0.1) is 27.4 Å². The minimum atomic E-state index is -0.0784. The van der Waals surface area contributed by atoms with Crippen LogP contribution in [0.1, 0.15) is 34.8 Å². The normalized spacial score (nSPS) is 16.6.